The van der Waals surface area contributed by atoms with Crippen LogP contribution in [0.3, 0.4) is 0 Å². The number of hydrogen-bond acceptors (Lipinski definition) is 4. The van der Waals surface area contributed by atoms with Gasteiger partial charge in [-0.15, -0.1) is 0 Å². The zero-order chi connectivity index (χ0) is 15.4. The molecular formula is C17H19N3O2. The van der Waals surface area contributed by atoms with E-state index in [9.17, 15) is 4.79 Å². The Morgan fingerprint density at radius 3 is 2.50 bits per heavy atom. The van der Waals surface area contributed by atoms with Crippen LogP contribution in [0.4, 0.5) is 11.5 Å². The number of anilines is 2. The molecule has 1 aromatic heterocycles. The number of rotatable bonds is 4. The van der Waals surface area contributed by atoms with E-state index in [-0.39, 0.29) is 5.69 Å². The van der Waals surface area contributed by atoms with Crippen molar-refractivity contribution in [1.29, 1.82) is 0 Å². The Balaban J connectivity index is 1.58. The van der Waals surface area contributed by atoms with Crippen LogP contribution in [0.5, 0.6) is 0 Å². The SMILES string of the molecule is O=C(O)c1cccc(NC2CCN(c3ccccc3)CC2)n1. The monoisotopic (exact) mass is 297 g/mol. The van der Waals surface area contributed by atoms with E-state index in [1.807, 2.05) is 12.1 Å². The first-order valence-electron chi connectivity index (χ1n) is 7.49. The predicted octanol–water partition coefficient (Wildman–Crippen LogP) is 2.86. The molecule has 1 saturated heterocycles. The molecule has 1 aromatic carbocycles. The van der Waals surface area contributed by atoms with Crippen LogP contribution in [0.25, 0.3) is 0 Å². The molecule has 0 atom stereocenters. The maximum Gasteiger partial charge on any atom is 0.354 e. The number of benzene rings is 1. The third kappa shape index (κ3) is 3.36. The summed E-state index contributed by atoms with van der Waals surface area (Å²) in [5.74, 6) is -0.361. The summed E-state index contributed by atoms with van der Waals surface area (Å²) >= 11 is 0. The van der Waals surface area contributed by atoms with E-state index in [0.29, 0.717) is 11.9 Å². The van der Waals surface area contributed by atoms with Crippen LogP contribution < -0.4 is 10.2 Å². The van der Waals surface area contributed by atoms with Crippen LogP contribution in [-0.2, 0) is 0 Å². The maximum absolute atomic E-state index is 10.9. The molecule has 2 aromatic rings. The number of piperidine rings is 1. The van der Waals surface area contributed by atoms with Crippen molar-refractivity contribution in [2.45, 2.75) is 18.9 Å². The van der Waals surface area contributed by atoms with E-state index >= 15 is 0 Å². The van der Waals surface area contributed by atoms with Crippen LogP contribution in [0.1, 0.15) is 23.3 Å². The van der Waals surface area contributed by atoms with Crippen molar-refractivity contribution in [3.05, 3.63) is 54.2 Å². The smallest absolute Gasteiger partial charge is 0.354 e. The summed E-state index contributed by atoms with van der Waals surface area (Å²) in [5, 5.41) is 12.3. The van der Waals surface area contributed by atoms with Crippen LogP contribution in [0.15, 0.2) is 48.5 Å². The van der Waals surface area contributed by atoms with Gasteiger partial charge in [-0.25, -0.2) is 9.78 Å². The van der Waals surface area contributed by atoms with Gasteiger partial charge in [-0.3, -0.25) is 0 Å². The van der Waals surface area contributed by atoms with Crippen LogP contribution in [0.2, 0.25) is 0 Å². The Hall–Kier alpha value is -2.56. The second kappa shape index (κ2) is 6.47. The highest BCUT2D eigenvalue weighted by Gasteiger charge is 2.19. The van der Waals surface area contributed by atoms with Gasteiger partial charge in [0.15, 0.2) is 5.69 Å². The number of carboxylic acid groups (broad SMARTS) is 1. The molecule has 1 fully saturated rings. The van der Waals surface area contributed by atoms with Gasteiger partial charge in [0.1, 0.15) is 5.82 Å². The summed E-state index contributed by atoms with van der Waals surface area (Å²) in [6.07, 6.45) is 2.02. The second-order valence-electron chi connectivity index (χ2n) is 5.45. The average molecular weight is 297 g/mol. The Morgan fingerprint density at radius 2 is 1.82 bits per heavy atom. The van der Waals surface area contributed by atoms with Gasteiger partial charge in [0.25, 0.3) is 0 Å². The minimum absolute atomic E-state index is 0.0757. The first kappa shape index (κ1) is 14.4. The molecule has 2 N–H and O–H groups in total. The van der Waals surface area contributed by atoms with Crippen molar-refractivity contribution in [1.82, 2.24) is 4.98 Å². The molecule has 3 rings (SSSR count). The molecule has 114 valence electrons. The minimum Gasteiger partial charge on any atom is -0.477 e. The van der Waals surface area contributed by atoms with E-state index in [2.05, 4.69) is 39.5 Å². The highest BCUT2D eigenvalue weighted by molar-refractivity contribution is 5.85. The largest absolute Gasteiger partial charge is 0.477 e. The van der Waals surface area contributed by atoms with Crippen molar-refractivity contribution >= 4 is 17.5 Å². The molecule has 0 radical (unpaired) electrons. The van der Waals surface area contributed by atoms with Gasteiger partial charge < -0.3 is 15.3 Å². The van der Waals surface area contributed by atoms with Gasteiger partial charge in [0, 0.05) is 24.8 Å². The molecule has 1 aliphatic rings. The third-order valence-corrected chi connectivity index (χ3v) is 3.94. The fourth-order valence-electron chi connectivity index (χ4n) is 2.76. The van der Waals surface area contributed by atoms with Crippen LogP contribution >= 0.6 is 0 Å². The fourth-order valence-corrected chi connectivity index (χ4v) is 2.76. The molecule has 22 heavy (non-hydrogen) atoms. The molecule has 0 unspecified atom stereocenters. The summed E-state index contributed by atoms with van der Waals surface area (Å²) in [7, 11) is 0. The highest BCUT2D eigenvalue weighted by atomic mass is 16.4. The normalized spacial score (nSPS) is 15.5. The van der Waals surface area contributed by atoms with Crippen molar-refractivity contribution in [3.63, 3.8) is 0 Å². The van der Waals surface area contributed by atoms with Crippen molar-refractivity contribution in [2.75, 3.05) is 23.3 Å². The molecule has 1 aliphatic heterocycles. The Morgan fingerprint density at radius 1 is 1.09 bits per heavy atom. The number of nitrogens with one attached hydrogen (secondary N) is 1. The van der Waals surface area contributed by atoms with Gasteiger partial charge in [-0.1, -0.05) is 24.3 Å². The molecule has 0 aliphatic carbocycles. The summed E-state index contributed by atoms with van der Waals surface area (Å²) in [4.78, 5) is 17.4. The number of carboxylic acids is 1. The van der Waals surface area contributed by atoms with Crippen molar-refractivity contribution < 1.29 is 9.90 Å². The number of nitrogens with zero attached hydrogens (tertiary/aromatic N) is 2. The van der Waals surface area contributed by atoms with E-state index in [1.54, 1.807) is 6.07 Å². The van der Waals surface area contributed by atoms with Gasteiger partial charge in [-0.05, 0) is 37.1 Å². The molecule has 0 spiro atoms. The van der Waals surface area contributed by atoms with Crippen molar-refractivity contribution in [3.8, 4) is 0 Å². The molecule has 5 nitrogen and oxygen atoms in total. The standard InChI is InChI=1S/C17H19N3O2/c21-17(22)15-7-4-8-16(19-15)18-13-9-11-20(12-10-13)14-5-2-1-3-6-14/h1-8,13H,9-12H2,(H,18,19)(H,21,22). The Labute approximate surface area is 129 Å². The number of aromatic nitrogens is 1. The number of carbonyl (C=O) groups is 1. The lowest BCUT2D eigenvalue weighted by atomic mass is 10.0. The van der Waals surface area contributed by atoms with Crippen LogP contribution in [-0.4, -0.2) is 35.2 Å². The molecule has 0 amide bonds. The molecule has 2 heterocycles. The summed E-state index contributed by atoms with van der Waals surface area (Å²) in [6, 6.07) is 15.8. The minimum atomic E-state index is -0.998. The number of pyridine rings is 1. The zero-order valence-corrected chi connectivity index (χ0v) is 12.3. The average Bonchev–Trinajstić information content (AvgIpc) is 2.56. The molecular weight excluding hydrogens is 278 g/mol. The van der Waals surface area contributed by atoms with Gasteiger partial charge in [-0.2, -0.15) is 0 Å². The van der Waals surface area contributed by atoms with E-state index in [1.165, 1.54) is 11.8 Å². The quantitative estimate of drug-likeness (QED) is 0.908. The summed E-state index contributed by atoms with van der Waals surface area (Å²) in [6.45, 7) is 1.97. The highest BCUT2D eigenvalue weighted by Crippen LogP contribution is 2.21. The van der Waals surface area contributed by atoms with E-state index in [0.717, 1.165) is 25.9 Å². The predicted molar refractivity (Wildman–Crippen MR) is 86.5 cm³/mol. The molecule has 0 bridgehead atoms. The molecule has 0 saturated carbocycles. The molecule has 5 heteroatoms. The van der Waals surface area contributed by atoms with Gasteiger partial charge >= 0.3 is 5.97 Å². The van der Waals surface area contributed by atoms with E-state index in [4.69, 9.17) is 5.11 Å². The summed E-state index contributed by atoms with van der Waals surface area (Å²) < 4.78 is 0. The lowest BCUT2D eigenvalue weighted by Crippen LogP contribution is -2.39. The van der Waals surface area contributed by atoms with Crippen molar-refractivity contribution in [2.24, 2.45) is 0 Å². The second-order valence-corrected chi connectivity index (χ2v) is 5.45. The lowest BCUT2D eigenvalue weighted by Gasteiger charge is -2.34. The maximum atomic E-state index is 10.9. The topological polar surface area (TPSA) is 65.5 Å². The third-order valence-electron chi connectivity index (χ3n) is 3.94. The lowest BCUT2D eigenvalue weighted by molar-refractivity contribution is 0.0690. The number of hydrogen-bond donors (Lipinski definition) is 2. The van der Waals surface area contributed by atoms with Crippen LogP contribution in [0, 0.1) is 0 Å². The first-order valence-corrected chi connectivity index (χ1v) is 7.49. The van der Waals surface area contributed by atoms with E-state index < -0.39 is 5.97 Å². The summed E-state index contributed by atoms with van der Waals surface area (Å²) in [5.41, 5.74) is 1.33. The Kier molecular flexibility index (Phi) is 4.23. The fraction of sp³-hybridized carbons (Fsp3) is 0.294. The number of para-hydroxylation sites is 1. The van der Waals surface area contributed by atoms with Gasteiger partial charge in [0.2, 0.25) is 0 Å². The number of aromatic carboxylic acids is 1. The Bertz CT molecular complexity index is 637. The van der Waals surface area contributed by atoms with Gasteiger partial charge in [0.05, 0.1) is 0 Å². The first-order chi connectivity index (χ1) is 10.7. The zero-order valence-electron chi connectivity index (χ0n) is 12.3.